The van der Waals surface area contributed by atoms with Crippen molar-refractivity contribution in [3.8, 4) is 0 Å². The molecule has 1 saturated carbocycles. The summed E-state index contributed by atoms with van der Waals surface area (Å²) in [4.78, 5) is 11.7. The molecule has 94 valence electrons. The smallest absolute Gasteiger partial charge is 0.220 e. The average Bonchev–Trinajstić information content (AvgIpc) is 2.46. The zero-order valence-electron chi connectivity index (χ0n) is 10.4. The molecule has 3 nitrogen and oxygen atoms in total. The second-order valence-corrected chi connectivity index (χ2v) is 5.04. The molecule has 0 heterocycles. The first kappa shape index (κ1) is 13.5. The van der Waals surface area contributed by atoms with Gasteiger partial charge < -0.3 is 10.4 Å². The molecule has 2 N–H and O–H groups in total. The Morgan fingerprint density at radius 1 is 1.31 bits per heavy atom. The maximum atomic E-state index is 11.7. The standard InChI is InChI=1S/C13H25NO2/c1-11(8-9-15)14-13(16)10-12-6-4-2-3-5-7-12/h11-12,15H,2-10H2,1H3,(H,14,16). The van der Waals surface area contributed by atoms with Crippen molar-refractivity contribution in [1.29, 1.82) is 0 Å². The lowest BCUT2D eigenvalue weighted by Crippen LogP contribution is -2.34. The summed E-state index contributed by atoms with van der Waals surface area (Å²) in [6, 6.07) is 0.100. The topological polar surface area (TPSA) is 49.3 Å². The van der Waals surface area contributed by atoms with Crippen LogP contribution in [0.3, 0.4) is 0 Å². The van der Waals surface area contributed by atoms with Crippen molar-refractivity contribution >= 4 is 5.91 Å². The van der Waals surface area contributed by atoms with Crippen molar-refractivity contribution in [3.63, 3.8) is 0 Å². The molecular weight excluding hydrogens is 202 g/mol. The zero-order valence-corrected chi connectivity index (χ0v) is 10.4. The van der Waals surface area contributed by atoms with E-state index in [4.69, 9.17) is 5.11 Å². The fourth-order valence-electron chi connectivity index (χ4n) is 2.43. The number of nitrogens with one attached hydrogen (secondary N) is 1. The van der Waals surface area contributed by atoms with E-state index in [1.54, 1.807) is 0 Å². The lowest BCUT2D eigenvalue weighted by Gasteiger charge is -2.16. The Balaban J connectivity index is 2.21. The van der Waals surface area contributed by atoms with Gasteiger partial charge in [0.2, 0.25) is 5.91 Å². The van der Waals surface area contributed by atoms with E-state index in [-0.39, 0.29) is 18.6 Å². The summed E-state index contributed by atoms with van der Waals surface area (Å²) in [7, 11) is 0. The predicted octanol–water partition coefficient (Wildman–Crippen LogP) is 2.23. The van der Waals surface area contributed by atoms with Crippen LogP contribution in [0.25, 0.3) is 0 Å². The summed E-state index contributed by atoms with van der Waals surface area (Å²) >= 11 is 0. The highest BCUT2D eigenvalue weighted by Crippen LogP contribution is 2.25. The van der Waals surface area contributed by atoms with E-state index in [2.05, 4.69) is 5.32 Å². The van der Waals surface area contributed by atoms with Gasteiger partial charge in [0.25, 0.3) is 0 Å². The highest BCUT2D eigenvalue weighted by Gasteiger charge is 2.16. The molecule has 1 fully saturated rings. The molecule has 1 atom stereocenters. The van der Waals surface area contributed by atoms with Crippen molar-refractivity contribution in [1.82, 2.24) is 5.32 Å². The van der Waals surface area contributed by atoms with Gasteiger partial charge in [-0.2, -0.15) is 0 Å². The van der Waals surface area contributed by atoms with Crippen LogP contribution in [0, 0.1) is 5.92 Å². The third kappa shape index (κ3) is 5.50. The molecule has 0 radical (unpaired) electrons. The van der Waals surface area contributed by atoms with Gasteiger partial charge in [0, 0.05) is 19.1 Å². The second-order valence-electron chi connectivity index (χ2n) is 5.04. The van der Waals surface area contributed by atoms with E-state index in [1.807, 2.05) is 6.92 Å². The van der Waals surface area contributed by atoms with Gasteiger partial charge in [-0.15, -0.1) is 0 Å². The maximum absolute atomic E-state index is 11.7. The number of carbonyl (C=O) groups is 1. The summed E-state index contributed by atoms with van der Waals surface area (Å²) in [6.07, 6.45) is 8.97. The van der Waals surface area contributed by atoms with E-state index in [9.17, 15) is 4.79 Å². The van der Waals surface area contributed by atoms with Crippen molar-refractivity contribution < 1.29 is 9.90 Å². The Kier molecular flexibility index (Phi) is 6.46. The number of aliphatic hydroxyl groups is 1. The number of carbonyl (C=O) groups excluding carboxylic acids is 1. The Bertz CT molecular complexity index is 198. The van der Waals surface area contributed by atoms with E-state index < -0.39 is 0 Å². The average molecular weight is 227 g/mol. The lowest BCUT2D eigenvalue weighted by molar-refractivity contribution is -0.122. The van der Waals surface area contributed by atoms with Crippen LogP contribution in [0.4, 0.5) is 0 Å². The SMILES string of the molecule is CC(CCO)NC(=O)CC1CCCCCC1. The van der Waals surface area contributed by atoms with Gasteiger partial charge in [-0.3, -0.25) is 4.79 Å². The van der Waals surface area contributed by atoms with Crippen LogP contribution < -0.4 is 5.32 Å². The number of aliphatic hydroxyl groups excluding tert-OH is 1. The van der Waals surface area contributed by atoms with E-state index in [1.165, 1.54) is 38.5 Å². The summed E-state index contributed by atoms with van der Waals surface area (Å²) in [5.41, 5.74) is 0. The van der Waals surface area contributed by atoms with Gasteiger partial charge in [-0.25, -0.2) is 0 Å². The zero-order chi connectivity index (χ0) is 11.8. The summed E-state index contributed by atoms with van der Waals surface area (Å²) in [5.74, 6) is 0.747. The van der Waals surface area contributed by atoms with Gasteiger partial charge in [0.1, 0.15) is 0 Å². The minimum Gasteiger partial charge on any atom is -0.396 e. The normalized spacial score (nSPS) is 20.1. The predicted molar refractivity (Wildman–Crippen MR) is 65.1 cm³/mol. The second kappa shape index (κ2) is 7.66. The first-order chi connectivity index (χ1) is 7.72. The molecule has 0 bridgehead atoms. The summed E-state index contributed by atoms with van der Waals surface area (Å²) in [6.45, 7) is 2.09. The molecule has 0 aromatic rings. The van der Waals surface area contributed by atoms with Gasteiger partial charge in [0.05, 0.1) is 0 Å². The highest BCUT2D eigenvalue weighted by molar-refractivity contribution is 5.76. The molecule has 1 aliphatic rings. The molecule has 1 aliphatic carbocycles. The first-order valence-corrected chi connectivity index (χ1v) is 6.62. The summed E-state index contributed by atoms with van der Waals surface area (Å²) < 4.78 is 0. The molecule has 0 aliphatic heterocycles. The van der Waals surface area contributed by atoms with E-state index >= 15 is 0 Å². The van der Waals surface area contributed by atoms with Crippen molar-refractivity contribution in [2.75, 3.05) is 6.61 Å². The molecule has 1 unspecified atom stereocenters. The van der Waals surface area contributed by atoms with E-state index in [0.29, 0.717) is 18.8 Å². The van der Waals surface area contributed by atoms with Gasteiger partial charge in [-0.05, 0) is 32.1 Å². The number of hydrogen-bond donors (Lipinski definition) is 2. The van der Waals surface area contributed by atoms with Crippen LogP contribution in [0.5, 0.6) is 0 Å². The third-order valence-corrected chi connectivity index (χ3v) is 3.42. The molecule has 0 spiro atoms. The minimum absolute atomic E-state index is 0.100. The fraction of sp³-hybridized carbons (Fsp3) is 0.923. The molecule has 0 aromatic carbocycles. The molecule has 1 amide bonds. The number of rotatable bonds is 5. The Morgan fingerprint density at radius 3 is 2.50 bits per heavy atom. The molecule has 16 heavy (non-hydrogen) atoms. The van der Waals surface area contributed by atoms with Crippen LogP contribution in [-0.4, -0.2) is 23.7 Å². The maximum Gasteiger partial charge on any atom is 0.220 e. The monoisotopic (exact) mass is 227 g/mol. The van der Waals surface area contributed by atoms with Gasteiger partial charge >= 0.3 is 0 Å². The Labute approximate surface area is 98.6 Å². The van der Waals surface area contributed by atoms with Crippen LogP contribution in [0.1, 0.15) is 58.3 Å². The van der Waals surface area contributed by atoms with Gasteiger partial charge in [-0.1, -0.05) is 25.7 Å². The largest absolute Gasteiger partial charge is 0.396 e. The quantitative estimate of drug-likeness (QED) is 0.708. The highest BCUT2D eigenvalue weighted by atomic mass is 16.3. The Hall–Kier alpha value is -0.570. The fourth-order valence-corrected chi connectivity index (χ4v) is 2.43. The van der Waals surface area contributed by atoms with Gasteiger partial charge in [0.15, 0.2) is 0 Å². The molecule has 0 saturated heterocycles. The van der Waals surface area contributed by atoms with Crippen molar-refractivity contribution in [2.45, 2.75) is 64.3 Å². The van der Waals surface area contributed by atoms with Crippen molar-refractivity contribution in [3.05, 3.63) is 0 Å². The Morgan fingerprint density at radius 2 is 1.94 bits per heavy atom. The molecule has 0 aromatic heterocycles. The minimum atomic E-state index is 0.100. The molecule has 3 heteroatoms. The third-order valence-electron chi connectivity index (χ3n) is 3.42. The van der Waals surface area contributed by atoms with E-state index in [0.717, 1.165) is 0 Å². The molecule has 1 rings (SSSR count). The number of amides is 1. The van der Waals surface area contributed by atoms with Crippen LogP contribution in [0.2, 0.25) is 0 Å². The lowest BCUT2D eigenvalue weighted by atomic mass is 9.96. The number of hydrogen-bond acceptors (Lipinski definition) is 2. The van der Waals surface area contributed by atoms with Crippen LogP contribution in [0.15, 0.2) is 0 Å². The molecular formula is C13H25NO2. The summed E-state index contributed by atoms with van der Waals surface area (Å²) in [5, 5.41) is 11.7. The van der Waals surface area contributed by atoms with Crippen molar-refractivity contribution in [2.24, 2.45) is 5.92 Å². The first-order valence-electron chi connectivity index (χ1n) is 6.62. The van der Waals surface area contributed by atoms with Crippen LogP contribution >= 0.6 is 0 Å². The van der Waals surface area contributed by atoms with Crippen LogP contribution in [-0.2, 0) is 4.79 Å².